The number of piperidine rings is 1. The summed E-state index contributed by atoms with van der Waals surface area (Å²) in [6.07, 6.45) is 8.86. The largest absolute Gasteiger partial charge is 0.507 e. The van der Waals surface area contributed by atoms with Gasteiger partial charge < -0.3 is 15.0 Å². The molecule has 3 unspecified atom stereocenters. The molecule has 2 aliphatic carbocycles. The molecular formula is C38H48N4O2. The smallest absolute Gasteiger partial charge is 0.257 e. The van der Waals surface area contributed by atoms with E-state index >= 15 is 0 Å². The molecule has 2 N–H and O–H groups in total. The van der Waals surface area contributed by atoms with Gasteiger partial charge in [0, 0.05) is 24.7 Å². The fourth-order valence-electron chi connectivity index (χ4n) is 8.28. The fourth-order valence-corrected chi connectivity index (χ4v) is 8.28. The fraction of sp³-hybridized carbons (Fsp3) is 0.474. The number of para-hydroxylation sites is 3. The molecular weight excluding hydrogens is 544 g/mol. The van der Waals surface area contributed by atoms with Crippen molar-refractivity contribution in [2.75, 3.05) is 19.6 Å². The molecule has 4 aromatic rings. The minimum Gasteiger partial charge on any atom is -0.507 e. The Bertz CT molecular complexity index is 1560. The van der Waals surface area contributed by atoms with Crippen molar-refractivity contribution in [3.63, 3.8) is 0 Å². The third-order valence-corrected chi connectivity index (χ3v) is 10.8. The van der Waals surface area contributed by atoms with Gasteiger partial charge in [-0.2, -0.15) is 0 Å². The predicted molar refractivity (Wildman–Crippen MR) is 178 cm³/mol. The number of hydrogen-bond acceptors (Lipinski definition) is 4. The van der Waals surface area contributed by atoms with Crippen LogP contribution in [0.5, 0.6) is 5.75 Å². The van der Waals surface area contributed by atoms with Crippen molar-refractivity contribution in [2.45, 2.75) is 89.6 Å². The molecule has 2 saturated heterocycles. The first-order valence-electron chi connectivity index (χ1n) is 16.7. The van der Waals surface area contributed by atoms with Crippen LogP contribution < -0.4 is 0 Å². The van der Waals surface area contributed by atoms with E-state index in [0.29, 0.717) is 11.1 Å². The zero-order valence-corrected chi connectivity index (χ0v) is 26.9. The summed E-state index contributed by atoms with van der Waals surface area (Å²) in [7, 11) is 0. The molecule has 2 saturated carbocycles. The maximum Gasteiger partial charge on any atom is 0.257 e. The van der Waals surface area contributed by atoms with Gasteiger partial charge in [0.05, 0.1) is 16.6 Å². The van der Waals surface area contributed by atoms with Crippen LogP contribution in [0.25, 0.3) is 11.0 Å². The maximum absolute atomic E-state index is 13.2. The molecule has 0 radical (unpaired) electrons. The molecule has 3 heterocycles. The Hall–Kier alpha value is -3.64. The number of amides is 1. The topological polar surface area (TPSA) is 72.2 Å². The first-order chi connectivity index (χ1) is 21.4. The number of imidazole rings is 1. The van der Waals surface area contributed by atoms with Crippen molar-refractivity contribution in [3.8, 4) is 5.75 Å². The summed E-state index contributed by atoms with van der Waals surface area (Å²) in [6.45, 7) is 10.5. The highest BCUT2D eigenvalue weighted by atomic mass is 16.3. The minimum atomic E-state index is -0.0375. The molecule has 232 valence electrons. The van der Waals surface area contributed by atoms with Crippen LogP contribution in [0, 0.1) is 19.8 Å². The normalized spacial score (nSPS) is 25.8. The Morgan fingerprint density at radius 2 is 1.68 bits per heavy atom. The Morgan fingerprint density at radius 1 is 0.955 bits per heavy atom. The number of aromatic hydroxyl groups is 1. The Balaban J connectivity index is 0.000000240. The number of carbonyl (C=O) groups excluding carboxylic acids is 1. The first kappa shape index (κ1) is 30.4. The number of aryl methyl sites for hydroxylation is 2. The third-order valence-electron chi connectivity index (χ3n) is 10.8. The Labute approximate surface area is 262 Å². The van der Waals surface area contributed by atoms with Gasteiger partial charge in [-0.25, -0.2) is 4.98 Å². The van der Waals surface area contributed by atoms with Crippen LogP contribution in [-0.2, 0) is 5.41 Å². The summed E-state index contributed by atoms with van der Waals surface area (Å²) in [5.41, 5.74) is 5.52. The second-order valence-corrected chi connectivity index (χ2v) is 13.0. The number of H-pyrrole nitrogens is 1. The first-order valence-corrected chi connectivity index (χ1v) is 16.7. The second-order valence-electron chi connectivity index (χ2n) is 13.0. The lowest BCUT2D eigenvalue weighted by Gasteiger charge is -2.43. The van der Waals surface area contributed by atoms with Crippen LogP contribution in [0.4, 0.5) is 0 Å². The second kappa shape index (κ2) is 12.4. The summed E-state index contributed by atoms with van der Waals surface area (Å²) in [5.74, 6) is 2.04. The molecule has 4 aliphatic rings. The highest BCUT2D eigenvalue weighted by Gasteiger charge is 2.76. The standard InChI is InChI=1S/C28H34N2O2.C8H8N2.C2H6/c1-20-7-5-11-23(25(20)31)26(32)29-16-13-27(14-17-29,21-8-3-2-4-9-21)15-18-30-24-12-6-10-22-19-28(22,24)30;1-6-9-7-4-2-3-5-8(7)10-6;1-2/h2-5,7-9,11,22,24,31H,6,10,12-19H2,1H3;2-5H,1H3,(H,9,10);1-2H3/t22-,24?,28?,30?;;/m0../s1. The monoisotopic (exact) mass is 592 g/mol. The number of fused-ring (bicyclic) bond motifs is 1. The average molecular weight is 593 g/mol. The van der Waals surface area contributed by atoms with E-state index in [2.05, 4.69) is 45.2 Å². The van der Waals surface area contributed by atoms with E-state index in [9.17, 15) is 9.90 Å². The number of aromatic amines is 1. The van der Waals surface area contributed by atoms with Crippen molar-refractivity contribution >= 4 is 16.9 Å². The summed E-state index contributed by atoms with van der Waals surface area (Å²) in [4.78, 5) is 25.4. The molecule has 4 atom stereocenters. The summed E-state index contributed by atoms with van der Waals surface area (Å²) in [5, 5.41) is 10.4. The minimum absolute atomic E-state index is 0.0375. The van der Waals surface area contributed by atoms with Crippen LogP contribution in [0.3, 0.4) is 0 Å². The van der Waals surface area contributed by atoms with Crippen LogP contribution in [0.2, 0.25) is 0 Å². The predicted octanol–water partition coefficient (Wildman–Crippen LogP) is 7.79. The van der Waals surface area contributed by atoms with Gasteiger partial charge in [0.15, 0.2) is 0 Å². The highest BCUT2D eigenvalue weighted by molar-refractivity contribution is 5.97. The van der Waals surface area contributed by atoms with Crippen LogP contribution in [0.15, 0.2) is 72.8 Å². The molecule has 3 aromatic carbocycles. The highest BCUT2D eigenvalue weighted by Crippen LogP contribution is 2.70. The Morgan fingerprint density at radius 3 is 2.41 bits per heavy atom. The number of aromatic nitrogens is 2. The number of nitrogens with one attached hydrogen (secondary N) is 1. The molecule has 44 heavy (non-hydrogen) atoms. The molecule has 2 aliphatic heterocycles. The number of nitrogens with zero attached hydrogens (tertiary/aromatic N) is 3. The number of hydrogen-bond donors (Lipinski definition) is 2. The average Bonchev–Trinajstić information content (AvgIpc) is 3.91. The van der Waals surface area contributed by atoms with Gasteiger partial charge in [-0.05, 0) is 99.6 Å². The lowest BCUT2D eigenvalue weighted by Crippen LogP contribution is -2.46. The van der Waals surface area contributed by atoms with Crippen molar-refractivity contribution in [1.82, 2.24) is 19.8 Å². The molecule has 1 amide bonds. The number of likely N-dealkylation sites (tertiary alicyclic amines) is 2. The summed E-state index contributed by atoms with van der Waals surface area (Å²) < 4.78 is 0. The third kappa shape index (κ3) is 5.53. The molecule has 8 rings (SSSR count). The van der Waals surface area contributed by atoms with Gasteiger partial charge in [0.1, 0.15) is 11.6 Å². The SMILES string of the molecule is CC.Cc1cccc(C(=O)N2CCC(CCN3C4CCC[C@H]5CC453)(c3ccccc3)CC2)c1O.Cc1nc2ccccc2[nH]1. The van der Waals surface area contributed by atoms with Crippen LogP contribution in [-0.4, -0.2) is 62.0 Å². The van der Waals surface area contributed by atoms with Crippen molar-refractivity contribution in [3.05, 3.63) is 95.3 Å². The van der Waals surface area contributed by atoms with E-state index in [4.69, 9.17) is 0 Å². The zero-order valence-electron chi connectivity index (χ0n) is 26.9. The lowest BCUT2D eigenvalue weighted by atomic mass is 9.70. The van der Waals surface area contributed by atoms with Gasteiger partial charge in [0.25, 0.3) is 5.91 Å². The van der Waals surface area contributed by atoms with Crippen LogP contribution in [0.1, 0.15) is 86.1 Å². The zero-order chi connectivity index (χ0) is 30.9. The molecule has 1 spiro atoms. The number of benzene rings is 3. The van der Waals surface area contributed by atoms with E-state index in [1.807, 2.05) is 69.0 Å². The number of phenols is 1. The van der Waals surface area contributed by atoms with Gasteiger partial charge in [-0.3, -0.25) is 9.69 Å². The number of phenolic OH excluding ortho intramolecular Hbond substituents is 1. The van der Waals surface area contributed by atoms with Gasteiger partial charge in [0.2, 0.25) is 0 Å². The van der Waals surface area contributed by atoms with Crippen molar-refractivity contribution in [2.24, 2.45) is 5.92 Å². The number of rotatable bonds is 5. The van der Waals surface area contributed by atoms with Crippen molar-refractivity contribution < 1.29 is 9.90 Å². The molecule has 6 heteroatoms. The molecule has 0 bridgehead atoms. The lowest BCUT2D eigenvalue weighted by molar-refractivity contribution is 0.0652. The molecule has 6 nitrogen and oxygen atoms in total. The van der Waals surface area contributed by atoms with E-state index in [0.717, 1.165) is 60.3 Å². The van der Waals surface area contributed by atoms with E-state index in [-0.39, 0.29) is 17.1 Å². The molecule has 4 fully saturated rings. The summed E-state index contributed by atoms with van der Waals surface area (Å²) >= 11 is 0. The van der Waals surface area contributed by atoms with Gasteiger partial charge in [-0.15, -0.1) is 0 Å². The van der Waals surface area contributed by atoms with Crippen molar-refractivity contribution in [1.29, 1.82) is 0 Å². The van der Waals surface area contributed by atoms with Gasteiger partial charge >= 0.3 is 0 Å². The maximum atomic E-state index is 13.2. The summed E-state index contributed by atoms with van der Waals surface area (Å²) in [6, 6.07) is 25.3. The molecule has 1 aromatic heterocycles. The van der Waals surface area contributed by atoms with E-state index in [1.54, 1.807) is 6.07 Å². The van der Waals surface area contributed by atoms with Crippen LogP contribution >= 0.6 is 0 Å². The Kier molecular flexibility index (Phi) is 8.56. The van der Waals surface area contributed by atoms with E-state index in [1.165, 1.54) is 44.2 Å². The quantitative estimate of drug-likeness (QED) is 0.232. The van der Waals surface area contributed by atoms with Gasteiger partial charge in [-0.1, -0.05) is 74.9 Å². The van der Waals surface area contributed by atoms with E-state index < -0.39 is 0 Å². The number of carbonyl (C=O) groups is 1.